The number of para-hydroxylation sites is 2. The fourth-order valence-electron chi connectivity index (χ4n) is 9.75. The number of hydrogen-bond donors (Lipinski definition) is 0. The largest absolute Gasteiger partial charge is 0.456 e. The van der Waals surface area contributed by atoms with Crippen molar-refractivity contribution in [2.75, 3.05) is 4.90 Å². The van der Waals surface area contributed by atoms with Gasteiger partial charge in [0.1, 0.15) is 22.3 Å². The first-order valence-corrected chi connectivity index (χ1v) is 20.0. The predicted octanol–water partition coefficient (Wildman–Crippen LogP) is 15.7. The highest BCUT2D eigenvalue weighted by Gasteiger charge is 2.36. The molecule has 2 aromatic heterocycles. The number of furan rings is 2. The maximum absolute atomic E-state index is 7.02. The summed E-state index contributed by atoms with van der Waals surface area (Å²) in [5, 5.41) is 6.61. The molecule has 58 heavy (non-hydrogen) atoms. The van der Waals surface area contributed by atoms with Crippen LogP contribution in [0.3, 0.4) is 0 Å². The monoisotopic (exact) mass is 743 g/mol. The summed E-state index contributed by atoms with van der Waals surface area (Å²) in [5.74, 6) is 0. The van der Waals surface area contributed by atoms with Crippen molar-refractivity contribution in [1.82, 2.24) is 0 Å². The molecule has 1 aliphatic carbocycles. The van der Waals surface area contributed by atoms with Gasteiger partial charge in [0.05, 0.1) is 5.69 Å². The lowest BCUT2D eigenvalue weighted by Gasteiger charge is -2.30. The quantitative estimate of drug-likeness (QED) is 0.176. The van der Waals surface area contributed by atoms with Gasteiger partial charge < -0.3 is 13.7 Å². The molecule has 0 fully saturated rings. The van der Waals surface area contributed by atoms with Crippen LogP contribution in [0.5, 0.6) is 0 Å². The molecule has 9 aromatic carbocycles. The van der Waals surface area contributed by atoms with Crippen molar-refractivity contribution in [2.24, 2.45) is 0 Å². The summed E-state index contributed by atoms with van der Waals surface area (Å²) in [6.07, 6.45) is 0. The van der Waals surface area contributed by atoms with Gasteiger partial charge in [-0.15, -0.1) is 0 Å². The van der Waals surface area contributed by atoms with E-state index in [4.69, 9.17) is 8.83 Å². The minimum Gasteiger partial charge on any atom is -0.456 e. The molecule has 274 valence electrons. The summed E-state index contributed by atoms with van der Waals surface area (Å²) < 4.78 is 13.5. The molecular formula is C55H37NO2. The molecular weight excluding hydrogens is 707 g/mol. The molecule has 0 radical (unpaired) electrons. The van der Waals surface area contributed by atoms with Gasteiger partial charge in [0.2, 0.25) is 0 Å². The summed E-state index contributed by atoms with van der Waals surface area (Å²) in [6, 6.07) is 67.8. The maximum Gasteiger partial charge on any atom is 0.143 e. The topological polar surface area (TPSA) is 29.5 Å². The number of nitrogens with zero attached hydrogens (tertiary/aromatic N) is 1. The number of anilines is 3. The highest BCUT2D eigenvalue weighted by atomic mass is 16.3. The second kappa shape index (κ2) is 12.3. The second-order valence-corrected chi connectivity index (χ2v) is 16.0. The van der Waals surface area contributed by atoms with Crippen LogP contribution in [0.1, 0.15) is 25.0 Å². The molecule has 12 rings (SSSR count). The van der Waals surface area contributed by atoms with E-state index in [-0.39, 0.29) is 5.41 Å². The van der Waals surface area contributed by atoms with Gasteiger partial charge in [-0.2, -0.15) is 0 Å². The minimum atomic E-state index is -0.167. The normalized spacial score (nSPS) is 13.1. The minimum absolute atomic E-state index is 0.167. The summed E-state index contributed by atoms with van der Waals surface area (Å²) in [5.41, 5.74) is 16.2. The van der Waals surface area contributed by atoms with Crippen LogP contribution in [-0.4, -0.2) is 0 Å². The fourth-order valence-corrected chi connectivity index (χ4v) is 9.75. The molecule has 0 atom stereocenters. The van der Waals surface area contributed by atoms with Crippen LogP contribution in [0.25, 0.3) is 88.0 Å². The molecule has 0 saturated carbocycles. The Labute approximate surface area is 336 Å². The van der Waals surface area contributed by atoms with Crippen molar-refractivity contribution >= 4 is 71.7 Å². The van der Waals surface area contributed by atoms with E-state index in [1.54, 1.807) is 0 Å². The second-order valence-electron chi connectivity index (χ2n) is 16.0. The van der Waals surface area contributed by atoms with Crippen molar-refractivity contribution in [3.63, 3.8) is 0 Å². The van der Waals surface area contributed by atoms with Crippen LogP contribution >= 0.6 is 0 Å². The van der Waals surface area contributed by atoms with E-state index in [0.29, 0.717) is 0 Å². The van der Waals surface area contributed by atoms with Crippen LogP contribution < -0.4 is 4.90 Å². The van der Waals surface area contributed by atoms with Gasteiger partial charge in [0.15, 0.2) is 0 Å². The molecule has 0 spiro atoms. The predicted molar refractivity (Wildman–Crippen MR) is 242 cm³/mol. The van der Waals surface area contributed by atoms with Crippen molar-refractivity contribution in [3.8, 4) is 33.4 Å². The van der Waals surface area contributed by atoms with Crippen LogP contribution in [0.2, 0.25) is 0 Å². The zero-order valence-electron chi connectivity index (χ0n) is 32.2. The first-order chi connectivity index (χ1) is 28.5. The van der Waals surface area contributed by atoms with Gasteiger partial charge in [-0.25, -0.2) is 0 Å². The lowest BCUT2D eigenvalue weighted by atomic mass is 9.82. The number of fused-ring (bicyclic) bond motifs is 11. The first-order valence-electron chi connectivity index (χ1n) is 20.0. The standard InChI is InChI=1S/C55H37NO2/c1-55(2)46-24-11-8-21-41(46)42-28-27-36(33-47(42)55)56(48-25-12-9-20-39(48)35-15-4-3-5-16-35)37-31-44(40-23-14-18-34-17-6-7-19-38(34)40)54-45(32-37)53-51(58-54)30-29-50-52(53)43-22-10-13-26-49(43)57-50/h3-33H,1-2H3. The molecule has 0 N–H and O–H groups in total. The first kappa shape index (κ1) is 32.8. The van der Waals surface area contributed by atoms with Crippen LogP contribution in [-0.2, 0) is 5.41 Å². The molecule has 1 aliphatic rings. The van der Waals surface area contributed by atoms with E-state index in [2.05, 4.69) is 189 Å². The van der Waals surface area contributed by atoms with Gasteiger partial charge in [0, 0.05) is 49.5 Å². The SMILES string of the molecule is CC1(C)c2ccccc2-c2ccc(N(c3cc(-c4cccc5ccccc45)c4oc5ccc6oc7ccccc7c6c5c4c3)c3ccccc3-c3ccccc3)cc21. The Morgan fingerprint density at radius 3 is 1.93 bits per heavy atom. The lowest BCUT2D eigenvalue weighted by Crippen LogP contribution is -2.17. The van der Waals surface area contributed by atoms with E-state index in [9.17, 15) is 0 Å². The number of hydrogen-bond acceptors (Lipinski definition) is 3. The Morgan fingerprint density at radius 1 is 0.397 bits per heavy atom. The third-order valence-electron chi connectivity index (χ3n) is 12.5. The zero-order chi connectivity index (χ0) is 38.5. The van der Waals surface area contributed by atoms with Crippen LogP contribution in [0.4, 0.5) is 17.1 Å². The Bertz CT molecular complexity index is 3430. The van der Waals surface area contributed by atoms with E-state index >= 15 is 0 Å². The van der Waals surface area contributed by atoms with E-state index in [1.807, 2.05) is 18.2 Å². The van der Waals surface area contributed by atoms with Crippen molar-refractivity contribution in [2.45, 2.75) is 19.3 Å². The zero-order valence-corrected chi connectivity index (χ0v) is 32.2. The van der Waals surface area contributed by atoms with Gasteiger partial charge in [-0.3, -0.25) is 0 Å². The Kier molecular flexibility index (Phi) is 6.98. The molecule has 11 aromatic rings. The van der Waals surface area contributed by atoms with Crippen molar-refractivity contribution in [3.05, 3.63) is 199 Å². The smallest absolute Gasteiger partial charge is 0.143 e. The van der Waals surface area contributed by atoms with Crippen LogP contribution in [0, 0.1) is 0 Å². The third-order valence-corrected chi connectivity index (χ3v) is 12.5. The molecule has 2 heterocycles. The summed E-state index contributed by atoms with van der Waals surface area (Å²) in [7, 11) is 0. The number of benzene rings is 9. The van der Waals surface area contributed by atoms with Gasteiger partial charge in [-0.1, -0.05) is 153 Å². The van der Waals surface area contributed by atoms with Gasteiger partial charge >= 0.3 is 0 Å². The molecule has 0 bridgehead atoms. The molecule has 3 heteroatoms. The summed E-state index contributed by atoms with van der Waals surface area (Å²) in [4.78, 5) is 2.46. The molecule has 0 aliphatic heterocycles. The van der Waals surface area contributed by atoms with Crippen LogP contribution in [0.15, 0.2) is 197 Å². The van der Waals surface area contributed by atoms with E-state index < -0.39 is 0 Å². The maximum atomic E-state index is 7.02. The van der Waals surface area contributed by atoms with Gasteiger partial charge in [-0.05, 0) is 92.7 Å². The third kappa shape index (κ3) is 4.74. The molecule has 0 amide bonds. The average Bonchev–Trinajstić information content (AvgIpc) is 3.91. The summed E-state index contributed by atoms with van der Waals surface area (Å²) >= 11 is 0. The highest BCUT2D eigenvalue weighted by molar-refractivity contribution is 6.27. The number of rotatable bonds is 5. The molecule has 0 saturated heterocycles. The summed E-state index contributed by atoms with van der Waals surface area (Å²) in [6.45, 7) is 4.71. The lowest BCUT2D eigenvalue weighted by molar-refractivity contribution is 0.660. The van der Waals surface area contributed by atoms with Gasteiger partial charge in [0.25, 0.3) is 0 Å². The Morgan fingerprint density at radius 2 is 1.05 bits per heavy atom. The van der Waals surface area contributed by atoms with E-state index in [0.717, 1.165) is 83.2 Å². The van der Waals surface area contributed by atoms with Crippen molar-refractivity contribution in [1.29, 1.82) is 0 Å². The fraction of sp³-hybridized carbons (Fsp3) is 0.0545. The highest BCUT2D eigenvalue weighted by Crippen LogP contribution is 2.53. The Balaban J connectivity index is 1.22. The molecule has 0 unspecified atom stereocenters. The van der Waals surface area contributed by atoms with E-state index in [1.165, 1.54) is 33.0 Å². The van der Waals surface area contributed by atoms with Crippen molar-refractivity contribution < 1.29 is 8.83 Å². The average molecular weight is 744 g/mol. The Hall–Kier alpha value is -7.36. The molecule has 3 nitrogen and oxygen atoms in total.